The Hall–Kier alpha value is -1.10. The summed E-state index contributed by atoms with van der Waals surface area (Å²) in [6.45, 7) is 1.68. The fourth-order valence-corrected chi connectivity index (χ4v) is 2.89. The smallest absolute Gasteiger partial charge is 0.222 e. The molecule has 22 heavy (non-hydrogen) atoms. The van der Waals surface area contributed by atoms with E-state index in [9.17, 15) is 4.79 Å². The Bertz CT molecular complexity index is 428. The molecule has 1 aromatic rings. The van der Waals surface area contributed by atoms with Crippen molar-refractivity contribution in [2.75, 3.05) is 13.2 Å². The van der Waals surface area contributed by atoms with Crippen LogP contribution < -0.4 is 11.1 Å². The molecule has 0 bridgehead atoms. The lowest BCUT2D eigenvalue weighted by Crippen LogP contribution is -2.44. The third-order valence-corrected chi connectivity index (χ3v) is 4.14. The highest BCUT2D eigenvalue weighted by Gasteiger charge is 2.24. The molecule has 1 aromatic carbocycles. The van der Waals surface area contributed by atoms with Crippen LogP contribution >= 0.6 is 12.4 Å². The summed E-state index contributed by atoms with van der Waals surface area (Å²) >= 11 is 0. The zero-order valence-electron chi connectivity index (χ0n) is 13.0. The summed E-state index contributed by atoms with van der Waals surface area (Å²) in [7, 11) is 0. The van der Waals surface area contributed by atoms with E-state index < -0.39 is 0 Å². The van der Waals surface area contributed by atoms with Gasteiger partial charge in [-0.05, 0) is 30.9 Å². The quantitative estimate of drug-likeness (QED) is 0.757. The molecule has 1 saturated carbocycles. The number of halogens is 1. The molecule has 0 aromatic heterocycles. The predicted octanol–water partition coefficient (Wildman–Crippen LogP) is 2.65. The fraction of sp³-hybridized carbons (Fsp3) is 0.588. The summed E-state index contributed by atoms with van der Waals surface area (Å²) in [4.78, 5) is 12.0. The second kappa shape index (κ2) is 10.6. The minimum Gasteiger partial charge on any atom is -0.376 e. The number of carbonyl (C=O) groups excluding carboxylic acids is 1. The van der Waals surface area contributed by atoms with Crippen LogP contribution in [0.4, 0.5) is 0 Å². The number of benzene rings is 1. The van der Waals surface area contributed by atoms with Gasteiger partial charge in [0.1, 0.15) is 0 Å². The molecule has 5 heteroatoms. The van der Waals surface area contributed by atoms with Crippen molar-refractivity contribution in [3.8, 4) is 0 Å². The van der Waals surface area contributed by atoms with Crippen molar-refractivity contribution in [3.63, 3.8) is 0 Å². The van der Waals surface area contributed by atoms with Crippen molar-refractivity contribution in [1.29, 1.82) is 0 Å². The Balaban J connectivity index is 0.00000242. The van der Waals surface area contributed by atoms with Crippen molar-refractivity contribution in [2.24, 2.45) is 11.7 Å². The van der Waals surface area contributed by atoms with E-state index in [1.807, 2.05) is 30.3 Å². The van der Waals surface area contributed by atoms with Crippen LogP contribution in [0.5, 0.6) is 0 Å². The van der Waals surface area contributed by atoms with Crippen molar-refractivity contribution in [2.45, 2.75) is 44.8 Å². The van der Waals surface area contributed by atoms with Gasteiger partial charge in [-0.2, -0.15) is 0 Å². The lowest BCUT2D eigenvalue weighted by atomic mass is 9.84. The van der Waals surface area contributed by atoms with Crippen LogP contribution in [0.1, 0.15) is 37.7 Å². The highest BCUT2D eigenvalue weighted by molar-refractivity contribution is 5.85. The molecule has 0 spiro atoms. The number of nitrogens with two attached hydrogens (primary N) is 1. The average molecular weight is 327 g/mol. The maximum atomic E-state index is 12.0. The van der Waals surface area contributed by atoms with Gasteiger partial charge >= 0.3 is 0 Å². The topological polar surface area (TPSA) is 64.3 Å². The van der Waals surface area contributed by atoms with Crippen LogP contribution in [0.15, 0.2) is 30.3 Å². The largest absolute Gasteiger partial charge is 0.376 e. The van der Waals surface area contributed by atoms with Gasteiger partial charge in [-0.1, -0.05) is 43.2 Å². The summed E-state index contributed by atoms with van der Waals surface area (Å²) in [6.07, 6.45) is 5.02. The third kappa shape index (κ3) is 6.34. The molecule has 1 aliphatic carbocycles. The van der Waals surface area contributed by atoms with Gasteiger partial charge in [-0.3, -0.25) is 4.79 Å². The molecule has 2 unspecified atom stereocenters. The maximum absolute atomic E-state index is 12.0. The molecule has 3 N–H and O–H groups in total. The minimum atomic E-state index is 0. The van der Waals surface area contributed by atoms with Crippen LogP contribution in [-0.4, -0.2) is 25.1 Å². The Morgan fingerprint density at radius 3 is 2.68 bits per heavy atom. The van der Waals surface area contributed by atoms with Crippen molar-refractivity contribution < 1.29 is 9.53 Å². The highest BCUT2D eigenvalue weighted by Crippen LogP contribution is 2.23. The number of hydrogen-bond donors (Lipinski definition) is 2. The summed E-state index contributed by atoms with van der Waals surface area (Å²) in [5.41, 5.74) is 6.91. The Morgan fingerprint density at radius 1 is 1.23 bits per heavy atom. The molecular weight excluding hydrogens is 300 g/mol. The van der Waals surface area contributed by atoms with Crippen LogP contribution in [0.2, 0.25) is 0 Å². The SMILES string of the molecule is Cl.NCC1CCCCC1NC(=O)CCOCc1ccccc1. The number of hydrogen-bond acceptors (Lipinski definition) is 3. The lowest BCUT2D eigenvalue weighted by Gasteiger charge is -2.31. The van der Waals surface area contributed by atoms with Gasteiger partial charge in [0, 0.05) is 12.5 Å². The minimum absolute atomic E-state index is 0. The van der Waals surface area contributed by atoms with Crippen LogP contribution in [0.25, 0.3) is 0 Å². The lowest BCUT2D eigenvalue weighted by molar-refractivity contribution is -0.123. The van der Waals surface area contributed by atoms with Crippen LogP contribution in [0, 0.1) is 5.92 Å². The molecule has 0 heterocycles. The zero-order valence-corrected chi connectivity index (χ0v) is 13.8. The first-order chi connectivity index (χ1) is 10.3. The van der Waals surface area contributed by atoms with Gasteiger partial charge in [-0.15, -0.1) is 12.4 Å². The van der Waals surface area contributed by atoms with E-state index in [1.54, 1.807) is 0 Å². The van der Waals surface area contributed by atoms with E-state index in [4.69, 9.17) is 10.5 Å². The zero-order chi connectivity index (χ0) is 14.9. The average Bonchev–Trinajstić information content (AvgIpc) is 2.53. The molecule has 1 aliphatic rings. The Labute approximate surface area is 139 Å². The summed E-state index contributed by atoms with van der Waals surface area (Å²) in [5, 5.41) is 3.12. The van der Waals surface area contributed by atoms with Crippen molar-refractivity contribution >= 4 is 18.3 Å². The second-order valence-corrected chi connectivity index (χ2v) is 5.74. The van der Waals surface area contributed by atoms with Gasteiger partial charge in [0.15, 0.2) is 0 Å². The van der Waals surface area contributed by atoms with Crippen LogP contribution in [-0.2, 0) is 16.1 Å². The number of carbonyl (C=O) groups is 1. The molecular formula is C17H27ClN2O2. The molecule has 4 nitrogen and oxygen atoms in total. The Morgan fingerprint density at radius 2 is 1.95 bits per heavy atom. The normalized spacial score (nSPS) is 21.0. The summed E-state index contributed by atoms with van der Waals surface area (Å²) in [6, 6.07) is 10.3. The van der Waals surface area contributed by atoms with Crippen molar-refractivity contribution in [3.05, 3.63) is 35.9 Å². The molecule has 2 rings (SSSR count). The van der Waals surface area contributed by atoms with Crippen LogP contribution in [0.3, 0.4) is 0 Å². The number of amides is 1. The van der Waals surface area contributed by atoms with Gasteiger partial charge in [-0.25, -0.2) is 0 Å². The maximum Gasteiger partial charge on any atom is 0.222 e. The fourth-order valence-electron chi connectivity index (χ4n) is 2.89. The van der Waals surface area contributed by atoms with Gasteiger partial charge < -0.3 is 15.8 Å². The monoisotopic (exact) mass is 326 g/mol. The van der Waals surface area contributed by atoms with E-state index in [0.717, 1.165) is 18.4 Å². The third-order valence-electron chi connectivity index (χ3n) is 4.14. The van der Waals surface area contributed by atoms with Gasteiger partial charge in [0.05, 0.1) is 13.2 Å². The van der Waals surface area contributed by atoms with E-state index in [2.05, 4.69) is 5.32 Å². The first-order valence-corrected chi connectivity index (χ1v) is 7.90. The van der Waals surface area contributed by atoms with Crippen molar-refractivity contribution in [1.82, 2.24) is 5.32 Å². The molecule has 1 fully saturated rings. The first kappa shape index (κ1) is 18.9. The highest BCUT2D eigenvalue weighted by atomic mass is 35.5. The summed E-state index contributed by atoms with van der Waals surface area (Å²) in [5.74, 6) is 0.515. The molecule has 0 saturated heterocycles. The molecule has 124 valence electrons. The second-order valence-electron chi connectivity index (χ2n) is 5.74. The predicted molar refractivity (Wildman–Crippen MR) is 90.9 cm³/mol. The number of ether oxygens (including phenoxy) is 1. The Kier molecular flexibility index (Phi) is 9.13. The van der Waals surface area contributed by atoms with Gasteiger partial charge in [0.25, 0.3) is 0 Å². The number of nitrogens with one attached hydrogen (secondary N) is 1. The molecule has 1 amide bonds. The standard InChI is InChI=1S/C17H26N2O2.ClH/c18-12-15-8-4-5-9-16(15)19-17(20)10-11-21-13-14-6-2-1-3-7-14;/h1-3,6-7,15-16H,4-5,8-13,18H2,(H,19,20);1H. The molecule has 2 atom stereocenters. The van der Waals surface area contributed by atoms with E-state index in [-0.39, 0.29) is 24.4 Å². The van der Waals surface area contributed by atoms with E-state index in [1.165, 1.54) is 12.8 Å². The van der Waals surface area contributed by atoms with E-state index in [0.29, 0.717) is 32.1 Å². The van der Waals surface area contributed by atoms with E-state index >= 15 is 0 Å². The van der Waals surface area contributed by atoms with Gasteiger partial charge in [0.2, 0.25) is 5.91 Å². The summed E-state index contributed by atoms with van der Waals surface area (Å²) < 4.78 is 5.55. The molecule has 0 radical (unpaired) electrons. The molecule has 0 aliphatic heterocycles. The number of rotatable bonds is 7. The first-order valence-electron chi connectivity index (χ1n) is 7.90.